The number of benzene rings is 1. The fourth-order valence-electron chi connectivity index (χ4n) is 4.09. The van der Waals surface area contributed by atoms with Crippen molar-refractivity contribution in [2.75, 3.05) is 37.6 Å². The van der Waals surface area contributed by atoms with E-state index < -0.39 is 0 Å². The van der Waals surface area contributed by atoms with Crippen LogP contribution in [0.4, 0.5) is 5.82 Å². The fourth-order valence-corrected chi connectivity index (χ4v) is 4.32. The van der Waals surface area contributed by atoms with Gasteiger partial charge in [0.15, 0.2) is 5.65 Å². The SMILES string of the molecule is C=C(C)C[NH+]1CCN(c2cc(C)nc3c(-c4ccccc4Cl)c(C)nn23)CC1. The monoisotopic (exact) mass is 396 g/mol. The van der Waals surface area contributed by atoms with Crippen LogP contribution in [0.15, 0.2) is 42.5 Å². The molecule has 28 heavy (non-hydrogen) atoms. The lowest BCUT2D eigenvalue weighted by atomic mass is 10.1. The second kappa shape index (κ2) is 7.57. The number of aromatic nitrogens is 3. The molecule has 1 N–H and O–H groups in total. The van der Waals surface area contributed by atoms with Crippen molar-refractivity contribution in [2.45, 2.75) is 20.8 Å². The molecule has 0 spiro atoms. The molecule has 0 amide bonds. The van der Waals surface area contributed by atoms with Gasteiger partial charge in [0, 0.05) is 22.3 Å². The highest BCUT2D eigenvalue weighted by molar-refractivity contribution is 6.33. The molecule has 6 heteroatoms. The van der Waals surface area contributed by atoms with Gasteiger partial charge >= 0.3 is 0 Å². The summed E-state index contributed by atoms with van der Waals surface area (Å²) >= 11 is 6.49. The van der Waals surface area contributed by atoms with E-state index in [9.17, 15) is 0 Å². The summed E-state index contributed by atoms with van der Waals surface area (Å²) in [6.07, 6.45) is 0. The molecule has 0 unspecified atom stereocenters. The lowest BCUT2D eigenvalue weighted by Gasteiger charge is -2.33. The maximum Gasteiger partial charge on any atom is 0.165 e. The molecule has 2 aromatic heterocycles. The number of nitrogens with zero attached hydrogens (tertiary/aromatic N) is 4. The topological polar surface area (TPSA) is 37.9 Å². The maximum atomic E-state index is 6.49. The molecule has 0 bridgehead atoms. The largest absolute Gasteiger partial charge is 0.345 e. The van der Waals surface area contributed by atoms with Crippen LogP contribution in [0.5, 0.6) is 0 Å². The zero-order valence-electron chi connectivity index (χ0n) is 16.8. The predicted molar refractivity (Wildman–Crippen MR) is 115 cm³/mol. The Bertz CT molecular complexity index is 1030. The Morgan fingerprint density at radius 2 is 1.93 bits per heavy atom. The zero-order chi connectivity index (χ0) is 19.8. The van der Waals surface area contributed by atoms with Crippen molar-refractivity contribution in [3.63, 3.8) is 0 Å². The van der Waals surface area contributed by atoms with Crippen molar-refractivity contribution < 1.29 is 4.90 Å². The van der Waals surface area contributed by atoms with Crippen molar-refractivity contribution in [2.24, 2.45) is 0 Å². The number of hydrogen-bond acceptors (Lipinski definition) is 3. The third-order valence-corrected chi connectivity index (χ3v) is 5.69. The van der Waals surface area contributed by atoms with Gasteiger partial charge in [-0.3, -0.25) is 0 Å². The molecule has 0 saturated carbocycles. The first-order valence-electron chi connectivity index (χ1n) is 9.79. The first-order chi connectivity index (χ1) is 13.4. The number of hydrogen-bond donors (Lipinski definition) is 1. The second-order valence-electron chi connectivity index (χ2n) is 7.80. The average Bonchev–Trinajstić information content (AvgIpc) is 2.97. The first kappa shape index (κ1) is 19.0. The minimum Gasteiger partial charge on any atom is -0.345 e. The van der Waals surface area contributed by atoms with Crippen molar-refractivity contribution >= 4 is 23.1 Å². The Morgan fingerprint density at radius 1 is 1.21 bits per heavy atom. The van der Waals surface area contributed by atoms with Gasteiger partial charge in [-0.05, 0) is 32.4 Å². The van der Waals surface area contributed by atoms with Gasteiger partial charge in [0.25, 0.3) is 0 Å². The van der Waals surface area contributed by atoms with E-state index in [1.807, 2.05) is 42.6 Å². The van der Waals surface area contributed by atoms with Crippen LogP contribution in [-0.2, 0) is 0 Å². The van der Waals surface area contributed by atoms with Gasteiger partial charge in [0.1, 0.15) is 5.82 Å². The van der Waals surface area contributed by atoms with E-state index in [2.05, 4.69) is 24.5 Å². The van der Waals surface area contributed by atoms with E-state index in [-0.39, 0.29) is 0 Å². The third-order valence-electron chi connectivity index (χ3n) is 5.36. The molecule has 1 aromatic carbocycles. The van der Waals surface area contributed by atoms with Gasteiger partial charge in [-0.1, -0.05) is 36.4 Å². The standard InChI is InChI=1S/C22H26ClN5/c1-15(2)14-26-9-11-27(12-10-26)20-13-16(3)24-22-21(17(4)25-28(20)22)18-7-5-6-8-19(18)23/h5-8,13H,1,9-12,14H2,2-4H3/p+1. The Kier molecular flexibility index (Phi) is 5.13. The van der Waals surface area contributed by atoms with Crippen LogP contribution in [0, 0.1) is 13.8 Å². The minimum absolute atomic E-state index is 0.724. The van der Waals surface area contributed by atoms with E-state index in [4.69, 9.17) is 21.7 Å². The van der Waals surface area contributed by atoms with Gasteiger partial charge in [-0.25, -0.2) is 4.98 Å². The number of quaternary nitrogens is 1. The fraction of sp³-hybridized carbons (Fsp3) is 0.364. The molecule has 3 heterocycles. The molecule has 1 fully saturated rings. The van der Waals surface area contributed by atoms with Crippen molar-refractivity contribution in [1.82, 2.24) is 14.6 Å². The maximum absolute atomic E-state index is 6.49. The van der Waals surface area contributed by atoms with Gasteiger partial charge < -0.3 is 9.80 Å². The van der Waals surface area contributed by atoms with E-state index in [1.165, 1.54) is 5.57 Å². The number of nitrogens with one attached hydrogen (secondary N) is 1. The lowest BCUT2D eigenvalue weighted by Crippen LogP contribution is -3.15. The third kappa shape index (κ3) is 3.52. The number of rotatable bonds is 4. The van der Waals surface area contributed by atoms with Crippen LogP contribution in [0.2, 0.25) is 5.02 Å². The molecule has 4 rings (SSSR count). The van der Waals surface area contributed by atoms with E-state index in [0.717, 1.165) is 71.7 Å². The molecule has 1 aliphatic heterocycles. The average molecular weight is 397 g/mol. The molecule has 0 aliphatic carbocycles. The highest BCUT2D eigenvalue weighted by atomic mass is 35.5. The summed E-state index contributed by atoms with van der Waals surface area (Å²) in [6, 6.07) is 10.0. The summed E-state index contributed by atoms with van der Waals surface area (Å²) in [6.45, 7) is 15.5. The van der Waals surface area contributed by atoms with Crippen molar-refractivity contribution in [3.05, 3.63) is 58.9 Å². The molecule has 0 radical (unpaired) electrons. The van der Waals surface area contributed by atoms with Gasteiger partial charge in [-0.2, -0.15) is 9.61 Å². The van der Waals surface area contributed by atoms with Crippen molar-refractivity contribution in [1.29, 1.82) is 0 Å². The molecule has 146 valence electrons. The summed E-state index contributed by atoms with van der Waals surface area (Å²) in [5.41, 5.74) is 6.06. The van der Waals surface area contributed by atoms with Gasteiger partial charge in [-0.15, -0.1) is 0 Å². The summed E-state index contributed by atoms with van der Waals surface area (Å²) in [7, 11) is 0. The zero-order valence-corrected chi connectivity index (χ0v) is 17.6. The molecule has 3 aromatic rings. The Hall–Kier alpha value is -2.37. The first-order valence-corrected chi connectivity index (χ1v) is 10.2. The molecule has 1 aliphatic rings. The highest BCUT2D eigenvalue weighted by Gasteiger charge is 2.24. The molecular formula is C22H27ClN5+. The summed E-state index contributed by atoms with van der Waals surface area (Å²) in [5, 5.41) is 5.57. The van der Waals surface area contributed by atoms with Crippen LogP contribution in [0.1, 0.15) is 18.3 Å². The smallest absolute Gasteiger partial charge is 0.165 e. The van der Waals surface area contributed by atoms with Crippen LogP contribution in [-0.4, -0.2) is 47.3 Å². The predicted octanol–water partition coefficient (Wildman–Crippen LogP) is 2.95. The van der Waals surface area contributed by atoms with Crippen LogP contribution in [0.3, 0.4) is 0 Å². The number of halogens is 1. The number of anilines is 1. The highest BCUT2D eigenvalue weighted by Crippen LogP contribution is 2.34. The summed E-state index contributed by atoms with van der Waals surface area (Å²) in [4.78, 5) is 8.84. The second-order valence-corrected chi connectivity index (χ2v) is 8.21. The van der Waals surface area contributed by atoms with Crippen LogP contribution >= 0.6 is 11.6 Å². The van der Waals surface area contributed by atoms with E-state index >= 15 is 0 Å². The minimum atomic E-state index is 0.724. The number of piperazine rings is 1. The lowest BCUT2D eigenvalue weighted by molar-refractivity contribution is -0.895. The molecule has 5 nitrogen and oxygen atoms in total. The van der Waals surface area contributed by atoms with Crippen LogP contribution < -0.4 is 9.80 Å². The Morgan fingerprint density at radius 3 is 2.61 bits per heavy atom. The quantitative estimate of drug-likeness (QED) is 0.689. The molecule has 0 atom stereocenters. The summed E-state index contributed by atoms with van der Waals surface area (Å²) < 4.78 is 1.99. The number of fused-ring (bicyclic) bond motifs is 1. The van der Waals surface area contributed by atoms with Gasteiger partial charge in [0.2, 0.25) is 0 Å². The molecular weight excluding hydrogens is 370 g/mol. The van der Waals surface area contributed by atoms with E-state index in [0.29, 0.717) is 0 Å². The van der Waals surface area contributed by atoms with Crippen molar-refractivity contribution in [3.8, 4) is 11.1 Å². The van der Waals surface area contributed by atoms with E-state index in [1.54, 1.807) is 4.90 Å². The summed E-state index contributed by atoms with van der Waals surface area (Å²) in [5.74, 6) is 1.11. The Balaban J connectivity index is 1.74. The normalized spacial score (nSPS) is 15.4. The van der Waals surface area contributed by atoms with Crippen LogP contribution in [0.25, 0.3) is 16.8 Å². The van der Waals surface area contributed by atoms with Gasteiger partial charge in [0.05, 0.1) is 44.0 Å². The number of aryl methyl sites for hydroxylation is 2. The molecule has 1 saturated heterocycles. The Labute approximate surface area is 171 Å².